The van der Waals surface area contributed by atoms with Crippen LogP contribution in [0.2, 0.25) is 0 Å². The van der Waals surface area contributed by atoms with Crippen molar-refractivity contribution in [3.63, 3.8) is 0 Å². The van der Waals surface area contributed by atoms with Crippen molar-refractivity contribution in [3.05, 3.63) is 29.8 Å². The first-order valence-electron chi connectivity index (χ1n) is 7.35. The summed E-state index contributed by atoms with van der Waals surface area (Å²) in [5, 5.41) is 0. The number of morpholine rings is 1. The van der Waals surface area contributed by atoms with Crippen molar-refractivity contribution in [2.24, 2.45) is 0 Å². The molecule has 118 valence electrons. The molecule has 2 aliphatic heterocycles. The number of fused-ring (bicyclic) bond motifs is 1. The van der Waals surface area contributed by atoms with Gasteiger partial charge in [-0.15, -0.1) is 0 Å². The van der Waals surface area contributed by atoms with E-state index in [9.17, 15) is 14.0 Å². The molecular weight excluding hydrogens is 289 g/mol. The second kappa shape index (κ2) is 6.00. The van der Waals surface area contributed by atoms with Gasteiger partial charge in [-0.2, -0.15) is 0 Å². The molecule has 2 atom stereocenters. The van der Waals surface area contributed by atoms with Gasteiger partial charge < -0.3 is 14.5 Å². The smallest absolute Gasteiger partial charge is 0.257 e. The Balaban J connectivity index is 1.78. The van der Waals surface area contributed by atoms with Crippen LogP contribution < -0.4 is 0 Å². The van der Waals surface area contributed by atoms with Gasteiger partial charge in [0.25, 0.3) is 5.91 Å². The summed E-state index contributed by atoms with van der Waals surface area (Å²) in [6.45, 7) is 3.43. The molecule has 0 aromatic carbocycles. The number of pyridine rings is 1. The molecule has 1 aromatic heterocycles. The van der Waals surface area contributed by atoms with Crippen LogP contribution in [-0.4, -0.2) is 65.0 Å². The van der Waals surface area contributed by atoms with Crippen LogP contribution in [0.1, 0.15) is 23.7 Å². The van der Waals surface area contributed by atoms with Crippen LogP contribution in [0.5, 0.6) is 0 Å². The molecule has 1 aromatic rings. The highest BCUT2D eigenvalue weighted by Crippen LogP contribution is 2.24. The van der Waals surface area contributed by atoms with Gasteiger partial charge in [0, 0.05) is 32.8 Å². The molecule has 2 aliphatic rings. The lowest BCUT2D eigenvalue weighted by Gasteiger charge is -2.46. The Hall–Kier alpha value is -2.02. The largest absolute Gasteiger partial charge is 0.374 e. The number of hydrogen-bond donors (Lipinski definition) is 0. The van der Waals surface area contributed by atoms with E-state index in [-0.39, 0.29) is 29.5 Å². The van der Waals surface area contributed by atoms with Crippen molar-refractivity contribution < 1.29 is 18.7 Å². The molecule has 3 heterocycles. The minimum absolute atomic E-state index is 0.0135. The zero-order valence-corrected chi connectivity index (χ0v) is 12.4. The molecule has 0 N–H and O–H groups in total. The summed E-state index contributed by atoms with van der Waals surface area (Å²) in [6, 6.07) is 1.22. The average molecular weight is 307 g/mol. The molecule has 0 radical (unpaired) electrons. The summed E-state index contributed by atoms with van der Waals surface area (Å²) in [5.74, 6) is -1.02. The number of aromatic nitrogens is 1. The van der Waals surface area contributed by atoms with Crippen molar-refractivity contribution in [2.45, 2.75) is 25.5 Å². The summed E-state index contributed by atoms with van der Waals surface area (Å²) in [7, 11) is 0. The lowest BCUT2D eigenvalue weighted by atomic mass is 9.98. The van der Waals surface area contributed by atoms with Gasteiger partial charge in [0.05, 0.1) is 30.5 Å². The summed E-state index contributed by atoms with van der Waals surface area (Å²) in [4.78, 5) is 31.2. The first kappa shape index (κ1) is 14.9. The van der Waals surface area contributed by atoms with Crippen LogP contribution in [0.4, 0.5) is 4.39 Å². The SMILES string of the molecule is CC(=O)N1CCO[C@@H]2CCN(C(=O)c3ccncc3F)C[C@H]21. The normalized spacial score (nSPS) is 24.8. The number of halogens is 1. The fourth-order valence-corrected chi connectivity index (χ4v) is 3.17. The van der Waals surface area contributed by atoms with Gasteiger partial charge in [0.15, 0.2) is 5.82 Å². The third kappa shape index (κ3) is 2.68. The predicted molar refractivity (Wildman–Crippen MR) is 75.6 cm³/mol. The molecule has 0 unspecified atom stereocenters. The van der Waals surface area contributed by atoms with Crippen LogP contribution in [-0.2, 0) is 9.53 Å². The van der Waals surface area contributed by atoms with Crippen molar-refractivity contribution in [2.75, 3.05) is 26.2 Å². The second-order valence-electron chi connectivity index (χ2n) is 5.58. The molecule has 0 bridgehead atoms. The van der Waals surface area contributed by atoms with Gasteiger partial charge in [0.2, 0.25) is 5.91 Å². The number of nitrogens with zero attached hydrogens (tertiary/aromatic N) is 3. The topological polar surface area (TPSA) is 62.7 Å². The Morgan fingerprint density at radius 2 is 2.23 bits per heavy atom. The van der Waals surface area contributed by atoms with Crippen LogP contribution in [0, 0.1) is 5.82 Å². The van der Waals surface area contributed by atoms with E-state index in [1.54, 1.807) is 9.80 Å². The van der Waals surface area contributed by atoms with E-state index in [1.165, 1.54) is 19.2 Å². The predicted octanol–water partition coefficient (Wildman–Crippen LogP) is 0.682. The van der Waals surface area contributed by atoms with E-state index >= 15 is 0 Å². The fraction of sp³-hybridized carbons (Fsp3) is 0.533. The molecule has 3 rings (SSSR count). The zero-order valence-electron chi connectivity index (χ0n) is 12.4. The van der Waals surface area contributed by atoms with E-state index in [0.29, 0.717) is 32.7 Å². The first-order valence-corrected chi connectivity index (χ1v) is 7.35. The summed E-state index contributed by atoms with van der Waals surface area (Å²) < 4.78 is 19.4. The lowest BCUT2D eigenvalue weighted by molar-refractivity contribution is -0.149. The standard InChI is InChI=1S/C15H18FN3O3/c1-10(20)19-6-7-22-14-3-5-18(9-13(14)19)15(21)11-2-4-17-8-12(11)16/h2,4,8,13-14H,3,5-7,9H2,1H3/t13-,14-/m1/s1. The Kier molecular flexibility index (Phi) is 4.06. The Labute approximate surface area is 127 Å². The first-order chi connectivity index (χ1) is 10.6. The minimum atomic E-state index is -0.627. The number of likely N-dealkylation sites (tertiary alicyclic amines) is 1. The van der Waals surface area contributed by atoms with E-state index in [0.717, 1.165) is 6.20 Å². The Bertz CT molecular complexity index is 595. The van der Waals surface area contributed by atoms with Gasteiger partial charge in [-0.25, -0.2) is 4.39 Å². The number of amides is 2. The Morgan fingerprint density at radius 1 is 1.41 bits per heavy atom. The maximum absolute atomic E-state index is 13.7. The molecule has 22 heavy (non-hydrogen) atoms. The van der Waals surface area contributed by atoms with E-state index in [1.807, 2.05) is 0 Å². The number of hydrogen-bond acceptors (Lipinski definition) is 4. The summed E-state index contributed by atoms with van der Waals surface area (Å²) in [5.41, 5.74) is 0.0135. The summed E-state index contributed by atoms with van der Waals surface area (Å²) in [6.07, 6.45) is 3.02. The second-order valence-corrected chi connectivity index (χ2v) is 5.58. The molecule has 0 saturated carbocycles. The van der Waals surface area contributed by atoms with E-state index in [4.69, 9.17) is 4.74 Å². The third-order valence-corrected chi connectivity index (χ3v) is 4.28. The molecular formula is C15H18FN3O3. The third-order valence-electron chi connectivity index (χ3n) is 4.28. The van der Waals surface area contributed by atoms with Gasteiger partial charge in [-0.3, -0.25) is 14.6 Å². The highest BCUT2D eigenvalue weighted by Gasteiger charge is 2.39. The van der Waals surface area contributed by atoms with Gasteiger partial charge in [-0.05, 0) is 12.5 Å². The Morgan fingerprint density at radius 3 is 2.95 bits per heavy atom. The number of rotatable bonds is 1. The summed E-state index contributed by atoms with van der Waals surface area (Å²) >= 11 is 0. The number of ether oxygens (including phenoxy) is 1. The molecule has 7 heteroatoms. The molecule has 2 fully saturated rings. The average Bonchev–Trinajstić information content (AvgIpc) is 2.53. The fourth-order valence-electron chi connectivity index (χ4n) is 3.17. The molecule has 0 spiro atoms. The molecule has 0 aliphatic carbocycles. The zero-order chi connectivity index (χ0) is 15.7. The van der Waals surface area contributed by atoms with Gasteiger partial charge in [-0.1, -0.05) is 0 Å². The van der Waals surface area contributed by atoms with Gasteiger partial charge in [0.1, 0.15) is 0 Å². The highest BCUT2D eigenvalue weighted by atomic mass is 19.1. The molecule has 2 amide bonds. The van der Waals surface area contributed by atoms with Crippen LogP contribution in [0.3, 0.4) is 0 Å². The monoisotopic (exact) mass is 307 g/mol. The van der Waals surface area contributed by atoms with E-state index < -0.39 is 5.82 Å². The number of carbonyl (C=O) groups excluding carboxylic acids is 2. The maximum Gasteiger partial charge on any atom is 0.257 e. The van der Waals surface area contributed by atoms with Crippen LogP contribution >= 0.6 is 0 Å². The molecule has 2 saturated heterocycles. The van der Waals surface area contributed by atoms with Crippen LogP contribution in [0.25, 0.3) is 0 Å². The minimum Gasteiger partial charge on any atom is -0.374 e. The number of piperidine rings is 1. The van der Waals surface area contributed by atoms with Crippen molar-refractivity contribution >= 4 is 11.8 Å². The van der Waals surface area contributed by atoms with Gasteiger partial charge >= 0.3 is 0 Å². The van der Waals surface area contributed by atoms with Crippen molar-refractivity contribution in [1.82, 2.24) is 14.8 Å². The lowest BCUT2D eigenvalue weighted by Crippen LogP contribution is -2.61. The van der Waals surface area contributed by atoms with Crippen LogP contribution in [0.15, 0.2) is 18.5 Å². The van der Waals surface area contributed by atoms with Crippen molar-refractivity contribution in [1.29, 1.82) is 0 Å². The molecule has 6 nitrogen and oxygen atoms in total. The van der Waals surface area contributed by atoms with Crippen molar-refractivity contribution in [3.8, 4) is 0 Å². The maximum atomic E-state index is 13.7. The van der Waals surface area contributed by atoms with E-state index in [2.05, 4.69) is 4.98 Å². The quantitative estimate of drug-likeness (QED) is 0.765. The number of carbonyl (C=O) groups is 2. The highest BCUT2D eigenvalue weighted by molar-refractivity contribution is 5.94.